The van der Waals surface area contributed by atoms with Crippen molar-refractivity contribution in [3.8, 4) is 0 Å². The van der Waals surface area contributed by atoms with Crippen molar-refractivity contribution in [3.63, 3.8) is 0 Å². The zero-order chi connectivity index (χ0) is 14.3. The third-order valence-electron chi connectivity index (χ3n) is 3.42. The molecule has 4 heteroatoms. The van der Waals surface area contributed by atoms with E-state index in [2.05, 4.69) is 4.98 Å². The Hall–Kier alpha value is -2.10. The van der Waals surface area contributed by atoms with E-state index in [1.807, 2.05) is 39.8 Å². The minimum absolute atomic E-state index is 0.0311. The van der Waals surface area contributed by atoms with Crippen molar-refractivity contribution in [2.75, 3.05) is 0 Å². The number of rotatable bonds is 2. The molecule has 100 valence electrons. The van der Waals surface area contributed by atoms with Gasteiger partial charge in [0.2, 0.25) is 0 Å². The van der Waals surface area contributed by atoms with Gasteiger partial charge in [0.05, 0.1) is 5.52 Å². The summed E-state index contributed by atoms with van der Waals surface area (Å²) in [6.07, 6.45) is 0. The highest BCUT2D eigenvalue weighted by molar-refractivity contribution is 5.98. The number of aromatic carboxylic acids is 1. The van der Waals surface area contributed by atoms with E-state index < -0.39 is 11.5 Å². The number of hydrogen-bond acceptors (Lipinski definition) is 2. The molecular weight excluding hydrogens is 242 g/mol. The van der Waals surface area contributed by atoms with Gasteiger partial charge in [0, 0.05) is 5.39 Å². The maximum Gasteiger partial charge on any atom is 0.341 e. The Balaban J connectivity index is 3.12. The van der Waals surface area contributed by atoms with Crippen LogP contribution in [0.4, 0.5) is 0 Å². The van der Waals surface area contributed by atoms with Crippen molar-refractivity contribution >= 4 is 16.9 Å². The molecular formula is C15H17NO3. The second-order valence-electron chi connectivity index (χ2n) is 5.15. The van der Waals surface area contributed by atoms with Crippen LogP contribution in [0, 0.1) is 13.8 Å². The summed E-state index contributed by atoms with van der Waals surface area (Å²) in [6, 6.07) is 3.88. The highest BCUT2D eigenvalue weighted by Gasteiger charge is 2.22. The minimum Gasteiger partial charge on any atom is -0.477 e. The van der Waals surface area contributed by atoms with Gasteiger partial charge in [-0.3, -0.25) is 4.79 Å². The molecule has 0 fully saturated rings. The monoisotopic (exact) mass is 259 g/mol. The van der Waals surface area contributed by atoms with Gasteiger partial charge in [-0.05, 0) is 36.5 Å². The van der Waals surface area contributed by atoms with Crippen LogP contribution in [-0.2, 0) is 0 Å². The number of aromatic amines is 1. The fourth-order valence-corrected chi connectivity index (χ4v) is 2.53. The van der Waals surface area contributed by atoms with Crippen LogP contribution < -0.4 is 5.56 Å². The molecule has 0 saturated carbocycles. The van der Waals surface area contributed by atoms with E-state index in [0.29, 0.717) is 5.56 Å². The average Bonchev–Trinajstić information content (AvgIpc) is 2.32. The zero-order valence-electron chi connectivity index (χ0n) is 11.5. The SMILES string of the molecule is Cc1ccc(C)c2c(C(C)C)c(C(=O)O)c(=O)[nH]c12. The Morgan fingerprint density at radius 1 is 1.21 bits per heavy atom. The van der Waals surface area contributed by atoms with E-state index in [1.165, 1.54) is 0 Å². The van der Waals surface area contributed by atoms with Crippen molar-refractivity contribution in [2.45, 2.75) is 33.6 Å². The van der Waals surface area contributed by atoms with Crippen molar-refractivity contribution in [1.82, 2.24) is 4.98 Å². The van der Waals surface area contributed by atoms with E-state index in [0.717, 1.165) is 22.0 Å². The van der Waals surface area contributed by atoms with Gasteiger partial charge < -0.3 is 10.1 Å². The number of fused-ring (bicyclic) bond motifs is 1. The molecule has 0 radical (unpaired) electrons. The number of carbonyl (C=O) groups is 1. The molecule has 1 aromatic heterocycles. The van der Waals surface area contributed by atoms with E-state index >= 15 is 0 Å². The minimum atomic E-state index is -1.17. The van der Waals surface area contributed by atoms with E-state index in [4.69, 9.17) is 0 Å². The Morgan fingerprint density at radius 2 is 1.79 bits per heavy atom. The van der Waals surface area contributed by atoms with Crippen molar-refractivity contribution in [3.05, 3.63) is 44.7 Å². The number of H-pyrrole nitrogens is 1. The number of hydrogen-bond donors (Lipinski definition) is 2. The Bertz CT molecular complexity index is 726. The van der Waals surface area contributed by atoms with Gasteiger partial charge in [-0.25, -0.2) is 4.79 Å². The van der Waals surface area contributed by atoms with Gasteiger partial charge in [-0.1, -0.05) is 26.0 Å². The van der Waals surface area contributed by atoms with E-state index in [1.54, 1.807) is 0 Å². The first-order valence-electron chi connectivity index (χ1n) is 6.24. The Morgan fingerprint density at radius 3 is 2.32 bits per heavy atom. The third-order valence-corrected chi connectivity index (χ3v) is 3.42. The first-order valence-corrected chi connectivity index (χ1v) is 6.24. The molecule has 0 spiro atoms. The largest absolute Gasteiger partial charge is 0.477 e. The van der Waals surface area contributed by atoms with Crippen molar-refractivity contribution in [1.29, 1.82) is 0 Å². The molecule has 0 aliphatic rings. The zero-order valence-corrected chi connectivity index (χ0v) is 11.5. The number of pyridine rings is 1. The van der Waals surface area contributed by atoms with Crippen LogP contribution in [0.1, 0.15) is 46.8 Å². The molecule has 0 unspecified atom stereocenters. The smallest absolute Gasteiger partial charge is 0.341 e. The summed E-state index contributed by atoms with van der Waals surface area (Å²) < 4.78 is 0. The van der Waals surface area contributed by atoms with Crippen LogP contribution in [0.2, 0.25) is 0 Å². The maximum absolute atomic E-state index is 12.0. The fourth-order valence-electron chi connectivity index (χ4n) is 2.53. The predicted molar refractivity (Wildman–Crippen MR) is 75.1 cm³/mol. The van der Waals surface area contributed by atoms with E-state index in [-0.39, 0.29) is 11.5 Å². The molecule has 0 aliphatic carbocycles. The normalized spacial score (nSPS) is 11.2. The van der Waals surface area contributed by atoms with Crippen LogP contribution >= 0.6 is 0 Å². The van der Waals surface area contributed by atoms with Crippen LogP contribution in [-0.4, -0.2) is 16.1 Å². The van der Waals surface area contributed by atoms with E-state index in [9.17, 15) is 14.7 Å². The average molecular weight is 259 g/mol. The molecule has 0 bridgehead atoms. The molecule has 2 N–H and O–H groups in total. The topological polar surface area (TPSA) is 70.2 Å². The predicted octanol–water partition coefficient (Wildman–Crippen LogP) is 2.97. The number of aryl methyl sites for hydroxylation is 2. The van der Waals surface area contributed by atoms with Crippen LogP contribution in [0.5, 0.6) is 0 Å². The first kappa shape index (κ1) is 13.3. The molecule has 0 amide bonds. The lowest BCUT2D eigenvalue weighted by molar-refractivity contribution is 0.0693. The standard InChI is InChI=1S/C15H17NO3/c1-7(2)10-11-8(3)5-6-9(4)13(11)16-14(17)12(10)15(18)19/h5-7H,1-4H3,(H,16,17)(H,18,19). The van der Waals surface area contributed by atoms with Gasteiger partial charge in [-0.2, -0.15) is 0 Å². The highest BCUT2D eigenvalue weighted by Crippen LogP contribution is 2.30. The summed E-state index contributed by atoms with van der Waals surface area (Å²) in [7, 11) is 0. The summed E-state index contributed by atoms with van der Waals surface area (Å²) in [4.78, 5) is 26.1. The molecule has 2 rings (SSSR count). The second kappa shape index (κ2) is 4.53. The maximum atomic E-state index is 12.0. The Labute approximate surface area is 111 Å². The number of benzene rings is 1. The molecule has 1 heterocycles. The van der Waals surface area contributed by atoms with Gasteiger partial charge >= 0.3 is 5.97 Å². The highest BCUT2D eigenvalue weighted by atomic mass is 16.4. The molecule has 4 nitrogen and oxygen atoms in total. The summed E-state index contributed by atoms with van der Waals surface area (Å²) in [6.45, 7) is 7.64. The van der Waals surface area contributed by atoms with Gasteiger partial charge in [-0.15, -0.1) is 0 Å². The number of aromatic nitrogens is 1. The summed E-state index contributed by atoms with van der Waals surface area (Å²) >= 11 is 0. The molecule has 1 aromatic carbocycles. The molecule has 0 aliphatic heterocycles. The van der Waals surface area contributed by atoms with Crippen LogP contribution in [0.25, 0.3) is 10.9 Å². The van der Waals surface area contributed by atoms with Gasteiger partial charge in [0.25, 0.3) is 5.56 Å². The molecule has 0 atom stereocenters. The van der Waals surface area contributed by atoms with Crippen LogP contribution in [0.3, 0.4) is 0 Å². The van der Waals surface area contributed by atoms with Gasteiger partial charge in [0.1, 0.15) is 5.56 Å². The summed E-state index contributed by atoms with van der Waals surface area (Å²) in [5.74, 6) is -1.20. The number of carboxylic acids is 1. The summed E-state index contributed by atoms with van der Waals surface area (Å²) in [5, 5.41) is 10.1. The van der Waals surface area contributed by atoms with Crippen molar-refractivity contribution < 1.29 is 9.90 Å². The Kier molecular flexibility index (Phi) is 3.18. The lowest BCUT2D eigenvalue weighted by Gasteiger charge is -2.16. The molecule has 2 aromatic rings. The quantitative estimate of drug-likeness (QED) is 0.871. The fraction of sp³-hybridized carbons (Fsp3) is 0.333. The van der Waals surface area contributed by atoms with Gasteiger partial charge in [0.15, 0.2) is 0 Å². The van der Waals surface area contributed by atoms with Crippen molar-refractivity contribution in [2.24, 2.45) is 0 Å². The molecule has 0 saturated heterocycles. The third kappa shape index (κ3) is 2.03. The lowest BCUT2D eigenvalue weighted by Crippen LogP contribution is -2.22. The number of nitrogens with one attached hydrogen (secondary N) is 1. The second-order valence-corrected chi connectivity index (χ2v) is 5.15. The summed E-state index contributed by atoms with van der Waals surface area (Å²) in [5.41, 5.74) is 2.60. The lowest BCUT2D eigenvalue weighted by atomic mass is 9.90. The first-order chi connectivity index (χ1) is 8.84. The van der Waals surface area contributed by atoms with Crippen LogP contribution in [0.15, 0.2) is 16.9 Å². The number of carboxylic acid groups (broad SMARTS) is 1. The molecule has 19 heavy (non-hydrogen) atoms.